The average Bonchev–Trinajstić information content (AvgIpc) is 2.59. The summed E-state index contributed by atoms with van der Waals surface area (Å²) in [5, 5.41) is 10.1. The number of morpholine rings is 1. The van der Waals surface area contributed by atoms with Gasteiger partial charge in [-0.2, -0.15) is 0 Å². The summed E-state index contributed by atoms with van der Waals surface area (Å²) in [4.78, 5) is 6.84. The van der Waals surface area contributed by atoms with Gasteiger partial charge in [0, 0.05) is 32.3 Å². The van der Waals surface area contributed by atoms with E-state index in [0.717, 1.165) is 25.2 Å². The van der Waals surface area contributed by atoms with Crippen molar-refractivity contribution in [2.75, 3.05) is 26.3 Å². The van der Waals surface area contributed by atoms with Crippen LogP contribution in [0.3, 0.4) is 0 Å². The molecule has 1 aromatic heterocycles. The predicted molar refractivity (Wildman–Crippen MR) is 94.9 cm³/mol. The summed E-state index contributed by atoms with van der Waals surface area (Å²) in [6.07, 6.45) is 2.57. The molecule has 1 unspecified atom stereocenters. The van der Waals surface area contributed by atoms with E-state index in [1.165, 1.54) is 16.7 Å². The lowest BCUT2D eigenvalue weighted by molar-refractivity contribution is -0.134. The number of aryl methyl sites for hydroxylation is 2. The first-order valence-corrected chi connectivity index (χ1v) is 8.54. The Morgan fingerprint density at radius 3 is 2.71 bits per heavy atom. The van der Waals surface area contributed by atoms with Crippen molar-refractivity contribution >= 4 is 0 Å². The number of hydrogen-bond donors (Lipinski definition) is 1. The van der Waals surface area contributed by atoms with E-state index in [-0.39, 0.29) is 6.61 Å². The smallest absolute Gasteiger partial charge is 0.108 e. The third kappa shape index (κ3) is 3.83. The van der Waals surface area contributed by atoms with Gasteiger partial charge in [-0.3, -0.25) is 9.88 Å². The third-order valence-corrected chi connectivity index (χ3v) is 4.88. The first kappa shape index (κ1) is 17.1. The first-order valence-electron chi connectivity index (χ1n) is 8.54. The Kier molecular flexibility index (Phi) is 5.29. The van der Waals surface area contributed by atoms with Crippen molar-refractivity contribution in [1.29, 1.82) is 0 Å². The standard InChI is InChI=1S/C20H26N2O2/c1-16-6-3-4-8-18(16)12-20(15-23)14-22(10-11-24-20)13-19-17(2)7-5-9-21-19/h3-9,23H,10-15H2,1-2H3. The highest BCUT2D eigenvalue weighted by Gasteiger charge is 2.36. The summed E-state index contributed by atoms with van der Waals surface area (Å²) < 4.78 is 6.06. The van der Waals surface area contributed by atoms with Crippen LogP contribution in [0.4, 0.5) is 0 Å². The van der Waals surface area contributed by atoms with Crippen LogP contribution in [0.25, 0.3) is 0 Å². The van der Waals surface area contributed by atoms with Crippen molar-refractivity contribution in [3.05, 3.63) is 65.0 Å². The Morgan fingerprint density at radius 1 is 1.17 bits per heavy atom. The van der Waals surface area contributed by atoms with E-state index in [9.17, 15) is 5.11 Å². The van der Waals surface area contributed by atoms with E-state index in [1.807, 2.05) is 24.4 Å². The Morgan fingerprint density at radius 2 is 1.96 bits per heavy atom. The maximum absolute atomic E-state index is 10.1. The summed E-state index contributed by atoms with van der Waals surface area (Å²) in [5.41, 5.74) is 4.25. The fourth-order valence-corrected chi connectivity index (χ4v) is 3.37. The number of aliphatic hydroxyl groups excluding tert-OH is 1. The molecule has 0 amide bonds. The van der Waals surface area contributed by atoms with Gasteiger partial charge in [0.25, 0.3) is 0 Å². The van der Waals surface area contributed by atoms with Crippen LogP contribution in [-0.4, -0.2) is 46.9 Å². The molecule has 1 atom stereocenters. The number of pyridine rings is 1. The van der Waals surface area contributed by atoms with Gasteiger partial charge in [-0.15, -0.1) is 0 Å². The summed E-state index contributed by atoms with van der Waals surface area (Å²) in [6, 6.07) is 12.4. The van der Waals surface area contributed by atoms with E-state index in [1.54, 1.807) is 0 Å². The highest BCUT2D eigenvalue weighted by atomic mass is 16.5. The molecule has 4 nitrogen and oxygen atoms in total. The molecule has 1 aliphatic heterocycles. The van der Waals surface area contributed by atoms with Gasteiger partial charge < -0.3 is 9.84 Å². The van der Waals surface area contributed by atoms with Crippen LogP contribution in [-0.2, 0) is 17.7 Å². The van der Waals surface area contributed by atoms with Crippen LogP contribution in [0, 0.1) is 13.8 Å². The number of aromatic nitrogens is 1. The molecule has 1 saturated heterocycles. The Balaban J connectivity index is 1.74. The maximum atomic E-state index is 10.1. The highest BCUT2D eigenvalue weighted by molar-refractivity contribution is 5.27. The van der Waals surface area contributed by atoms with Crippen LogP contribution in [0.5, 0.6) is 0 Å². The third-order valence-electron chi connectivity index (χ3n) is 4.88. The van der Waals surface area contributed by atoms with E-state index < -0.39 is 5.60 Å². The molecule has 128 valence electrons. The molecule has 0 spiro atoms. The lowest BCUT2D eigenvalue weighted by Gasteiger charge is -2.42. The SMILES string of the molecule is Cc1ccccc1CC1(CO)CN(Cc2ncccc2C)CCO1. The second-order valence-electron chi connectivity index (χ2n) is 6.77. The Hall–Kier alpha value is -1.75. The second kappa shape index (κ2) is 7.43. The fourth-order valence-electron chi connectivity index (χ4n) is 3.37. The minimum atomic E-state index is -0.535. The van der Waals surface area contributed by atoms with E-state index in [2.05, 4.69) is 41.9 Å². The molecule has 2 heterocycles. The molecule has 3 rings (SSSR count). The predicted octanol–water partition coefficient (Wildman–Crippen LogP) is 2.50. The largest absolute Gasteiger partial charge is 0.393 e. The highest BCUT2D eigenvalue weighted by Crippen LogP contribution is 2.25. The van der Waals surface area contributed by atoms with Crippen molar-refractivity contribution in [2.45, 2.75) is 32.4 Å². The summed E-state index contributed by atoms with van der Waals surface area (Å²) in [5.74, 6) is 0. The molecule has 24 heavy (non-hydrogen) atoms. The number of benzene rings is 1. The van der Waals surface area contributed by atoms with Crippen molar-refractivity contribution in [3.8, 4) is 0 Å². The Bertz CT molecular complexity index is 689. The normalized spacial score (nSPS) is 21.8. The second-order valence-corrected chi connectivity index (χ2v) is 6.77. The quantitative estimate of drug-likeness (QED) is 0.917. The number of nitrogens with zero attached hydrogens (tertiary/aromatic N) is 2. The van der Waals surface area contributed by atoms with E-state index >= 15 is 0 Å². The molecule has 1 fully saturated rings. The molecule has 0 bridgehead atoms. The summed E-state index contributed by atoms with van der Waals surface area (Å²) in [7, 11) is 0. The number of hydrogen-bond acceptors (Lipinski definition) is 4. The van der Waals surface area contributed by atoms with E-state index in [4.69, 9.17) is 4.74 Å². The van der Waals surface area contributed by atoms with Gasteiger partial charge >= 0.3 is 0 Å². The molecular formula is C20H26N2O2. The zero-order chi connectivity index (χ0) is 17.0. The molecular weight excluding hydrogens is 300 g/mol. The molecule has 2 aromatic rings. The van der Waals surface area contributed by atoms with Crippen molar-refractivity contribution in [3.63, 3.8) is 0 Å². The van der Waals surface area contributed by atoms with Crippen LogP contribution in [0.1, 0.15) is 22.4 Å². The molecule has 0 saturated carbocycles. The van der Waals surface area contributed by atoms with Crippen LogP contribution in [0.2, 0.25) is 0 Å². The van der Waals surface area contributed by atoms with Gasteiger partial charge in [-0.1, -0.05) is 30.3 Å². The first-order chi connectivity index (χ1) is 11.6. The van der Waals surface area contributed by atoms with Crippen molar-refractivity contribution in [2.24, 2.45) is 0 Å². The fraction of sp³-hybridized carbons (Fsp3) is 0.450. The topological polar surface area (TPSA) is 45.6 Å². The maximum Gasteiger partial charge on any atom is 0.108 e. The molecule has 4 heteroatoms. The zero-order valence-corrected chi connectivity index (χ0v) is 14.5. The number of aliphatic hydroxyl groups is 1. The van der Waals surface area contributed by atoms with Crippen LogP contribution < -0.4 is 0 Å². The van der Waals surface area contributed by atoms with Crippen molar-refractivity contribution < 1.29 is 9.84 Å². The van der Waals surface area contributed by atoms with Crippen LogP contribution >= 0.6 is 0 Å². The van der Waals surface area contributed by atoms with Gasteiger partial charge in [-0.25, -0.2) is 0 Å². The molecule has 0 aliphatic carbocycles. The van der Waals surface area contributed by atoms with Crippen LogP contribution in [0.15, 0.2) is 42.6 Å². The summed E-state index contributed by atoms with van der Waals surface area (Å²) in [6.45, 7) is 7.25. The lowest BCUT2D eigenvalue weighted by Crippen LogP contribution is -2.55. The van der Waals surface area contributed by atoms with Crippen molar-refractivity contribution in [1.82, 2.24) is 9.88 Å². The van der Waals surface area contributed by atoms with Gasteiger partial charge in [-0.05, 0) is 36.6 Å². The molecule has 1 aromatic carbocycles. The van der Waals surface area contributed by atoms with Gasteiger partial charge in [0.15, 0.2) is 0 Å². The van der Waals surface area contributed by atoms with E-state index in [0.29, 0.717) is 13.2 Å². The molecule has 1 aliphatic rings. The minimum Gasteiger partial charge on any atom is -0.393 e. The molecule has 1 N–H and O–H groups in total. The molecule has 0 radical (unpaired) electrons. The Labute approximate surface area is 144 Å². The lowest BCUT2D eigenvalue weighted by atomic mass is 9.91. The number of rotatable bonds is 5. The monoisotopic (exact) mass is 326 g/mol. The van der Waals surface area contributed by atoms with Gasteiger partial charge in [0.1, 0.15) is 5.60 Å². The van der Waals surface area contributed by atoms with Gasteiger partial charge in [0.05, 0.1) is 18.9 Å². The summed E-state index contributed by atoms with van der Waals surface area (Å²) >= 11 is 0. The average molecular weight is 326 g/mol. The van der Waals surface area contributed by atoms with Gasteiger partial charge in [0.2, 0.25) is 0 Å². The zero-order valence-electron chi connectivity index (χ0n) is 14.5. The number of ether oxygens (including phenoxy) is 1. The minimum absolute atomic E-state index is 0.0268.